The molecule has 0 aliphatic carbocycles. The number of hydrogen-bond donors (Lipinski definition) is 0. The molecule has 3 aromatic carbocycles. The molecule has 5 rings (SSSR count). The van der Waals surface area contributed by atoms with Crippen molar-refractivity contribution in [2.24, 2.45) is 4.99 Å². The van der Waals surface area contributed by atoms with E-state index in [9.17, 15) is 9.59 Å². The molecule has 42 heavy (non-hydrogen) atoms. The summed E-state index contributed by atoms with van der Waals surface area (Å²) in [4.78, 5) is 34.1. The van der Waals surface area contributed by atoms with Gasteiger partial charge in [-0.25, -0.2) is 9.79 Å². The quantitative estimate of drug-likeness (QED) is 0.234. The van der Waals surface area contributed by atoms with Crippen LogP contribution in [0.4, 0.5) is 5.69 Å². The van der Waals surface area contributed by atoms with Gasteiger partial charge < -0.3 is 14.4 Å². The number of allylic oxidation sites excluding steroid dienone is 1. The summed E-state index contributed by atoms with van der Waals surface area (Å²) in [6, 6.07) is 19.9. The summed E-state index contributed by atoms with van der Waals surface area (Å²) in [5.74, 6) is 0.181. The number of carbonyl (C=O) groups is 1. The van der Waals surface area contributed by atoms with Gasteiger partial charge >= 0.3 is 5.97 Å². The molecule has 1 aliphatic rings. The summed E-state index contributed by atoms with van der Waals surface area (Å²) in [6.07, 6.45) is 1.82. The molecule has 1 aromatic heterocycles. The maximum absolute atomic E-state index is 13.8. The lowest BCUT2D eigenvalue weighted by Crippen LogP contribution is -2.39. The summed E-state index contributed by atoms with van der Waals surface area (Å²) in [7, 11) is 3.92. The van der Waals surface area contributed by atoms with E-state index in [-0.39, 0.29) is 12.2 Å². The molecule has 0 N–H and O–H groups in total. The Morgan fingerprint density at radius 1 is 1.07 bits per heavy atom. The first-order valence-electron chi connectivity index (χ1n) is 13.3. The zero-order valence-electron chi connectivity index (χ0n) is 23.6. The predicted molar refractivity (Wildman–Crippen MR) is 168 cm³/mol. The van der Waals surface area contributed by atoms with Crippen LogP contribution in [-0.2, 0) is 16.1 Å². The molecule has 0 radical (unpaired) electrons. The van der Waals surface area contributed by atoms with Crippen LogP contribution in [0.3, 0.4) is 0 Å². The molecule has 7 nitrogen and oxygen atoms in total. The van der Waals surface area contributed by atoms with Gasteiger partial charge in [-0.05, 0) is 67.4 Å². The number of aromatic nitrogens is 1. The lowest BCUT2D eigenvalue weighted by molar-refractivity contribution is -0.139. The van der Waals surface area contributed by atoms with Gasteiger partial charge in [0.25, 0.3) is 5.56 Å². The second kappa shape index (κ2) is 12.6. The number of hydrogen-bond acceptors (Lipinski definition) is 7. The van der Waals surface area contributed by atoms with Crippen molar-refractivity contribution >= 4 is 52.3 Å². The van der Waals surface area contributed by atoms with Crippen LogP contribution < -0.4 is 24.5 Å². The number of carbonyl (C=O) groups excluding carboxylic acids is 1. The minimum atomic E-state index is -0.658. The van der Waals surface area contributed by atoms with Crippen LogP contribution in [0.15, 0.2) is 87.8 Å². The fourth-order valence-corrected chi connectivity index (χ4v) is 6.18. The van der Waals surface area contributed by atoms with Crippen LogP contribution in [0.25, 0.3) is 6.08 Å². The third-order valence-corrected chi connectivity index (χ3v) is 8.40. The average molecular weight is 623 g/mol. The summed E-state index contributed by atoms with van der Waals surface area (Å²) in [5.41, 5.74) is 4.12. The molecule has 1 atom stereocenters. The molecule has 0 spiro atoms. The van der Waals surface area contributed by atoms with Crippen LogP contribution in [0.5, 0.6) is 5.75 Å². The third-order valence-electron chi connectivity index (χ3n) is 6.83. The standard InChI is InChI=1S/C32H29Cl2N3O4S/c1-5-40-31(39)28-19(2)35-32-37(29(28)21-9-12-24(13-10-21)36(3)4)30(38)27(42-32)16-20-6-14-25(15-7-20)41-18-22-8-11-23(33)17-26(22)34/h6-17,29H,5,18H2,1-4H3/b27-16-/t29-/m0/s1. The van der Waals surface area contributed by atoms with Gasteiger partial charge in [0, 0.05) is 35.4 Å². The number of rotatable bonds is 8. The molecular formula is C32H29Cl2N3O4S. The summed E-state index contributed by atoms with van der Waals surface area (Å²) >= 11 is 13.5. The van der Waals surface area contributed by atoms with E-state index in [0.717, 1.165) is 22.4 Å². The van der Waals surface area contributed by atoms with Crippen molar-refractivity contribution in [1.29, 1.82) is 0 Å². The monoisotopic (exact) mass is 621 g/mol. The van der Waals surface area contributed by atoms with Crippen molar-refractivity contribution < 1.29 is 14.3 Å². The van der Waals surface area contributed by atoms with Crippen LogP contribution in [0, 0.1) is 0 Å². The van der Waals surface area contributed by atoms with Gasteiger partial charge in [-0.3, -0.25) is 9.36 Å². The Balaban J connectivity index is 1.49. The van der Waals surface area contributed by atoms with Gasteiger partial charge in [0.15, 0.2) is 4.80 Å². The van der Waals surface area contributed by atoms with Crippen molar-refractivity contribution in [2.45, 2.75) is 26.5 Å². The summed E-state index contributed by atoms with van der Waals surface area (Å²) in [6.45, 7) is 4.05. The van der Waals surface area contributed by atoms with Crippen LogP contribution >= 0.6 is 34.5 Å². The molecule has 216 valence electrons. The SMILES string of the molecule is CCOC(=O)C1=C(C)N=c2s/c(=C\c3ccc(OCc4ccc(Cl)cc4Cl)cc3)c(=O)n2[C@H]1c1ccc(N(C)C)cc1. The summed E-state index contributed by atoms with van der Waals surface area (Å²) in [5, 5.41) is 1.11. The van der Waals surface area contributed by atoms with Crippen molar-refractivity contribution in [1.82, 2.24) is 4.57 Å². The zero-order valence-corrected chi connectivity index (χ0v) is 25.9. The van der Waals surface area contributed by atoms with Crippen molar-refractivity contribution in [3.8, 4) is 5.75 Å². The maximum atomic E-state index is 13.8. The Morgan fingerprint density at radius 3 is 2.43 bits per heavy atom. The Bertz CT molecular complexity index is 1840. The third kappa shape index (κ3) is 6.16. The second-order valence-corrected chi connectivity index (χ2v) is 11.7. The molecule has 4 aromatic rings. The molecule has 0 saturated heterocycles. The average Bonchev–Trinajstić information content (AvgIpc) is 3.26. The van der Waals surface area contributed by atoms with E-state index in [1.165, 1.54) is 11.3 Å². The lowest BCUT2D eigenvalue weighted by atomic mass is 9.95. The Labute approximate surface area is 257 Å². The molecule has 10 heteroatoms. The van der Waals surface area contributed by atoms with Gasteiger partial charge in [-0.2, -0.15) is 0 Å². The first-order chi connectivity index (χ1) is 20.2. The highest BCUT2D eigenvalue weighted by Crippen LogP contribution is 2.31. The number of fused-ring (bicyclic) bond motifs is 1. The van der Waals surface area contributed by atoms with E-state index in [2.05, 4.69) is 4.99 Å². The van der Waals surface area contributed by atoms with Crippen LogP contribution in [0.1, 0.15) is 36.6 Å². The second-order valence-electron chi connectivity index (χ2n) is 9.88. The number of esters is 1. The Kier molecular flexibility index (Phi) is 8.87. The molecule has 0 unspecified atom stereocenters. The fraction of sp³-hybridized carbons (Fsp3) is 0.219. The Morgan fingerprint density at radius 2 is 1.79 bits per heavy atom. The highest BCUT2D eigenvalue weighted by atomic mass is 35.5. The molecule has 1 aliphatic heterocycles. The first-order valence-corrected chi connectivity index (χ1v) is 14.9. The minimum Gasteiger partial charge on any atom is -0.489 e. The van der Waals surface area contributed by atoms with Gasteiger partial charge in [-0.15, -0.1) is 0 Å². The van der Waals surface area contributed by atoms with Crippen molar-refractivity contribution in [2.75, 3.05) is 25.6 Å². The molecule has 0 bridgehead atoms. The highest BCUT2D eigenvalue weighted by Gasteiger charge is 2.33. The fourth-order valence-electron chi connectivity index (χ4n) is 4.67. The summed E-state index contributed by atoms with van der Waals surface area (Å²) < 4.78 is 13.4. The number of nitrogens with zero attached hydrogens (tertiary/aromatic N) is 3. The number of halogens is 2. The number of ether oxygens (including phenoxy) is 2. The highest BCUT2D eigenvalue weighted by molar-refractivity contribution is 7.07. The van der Waals surface area contributed by atoms with Crippen molar-refractivity contribution in [3.63, 3.8) is 0 Å². The predicted octanol–water partition coefficient (Wildman–Crippen LogP) is 5.75. The van der Waals surface area contributed by atoms with E-state index >= 15 is 0 Å². The van der Waals surface area contributed by atoms with Gasteiger partial charge in [0.2, 0.25) is 0 Å². The van der Waals surface area contributed by atoms with Crippen LogP contribution in [0.2, 0.25) is 10.0 Å². The lowest BCUT2D eigenvalue weighted by Gasteiger charge is -2.25. The molecule has 0 fully saturated rings. The van der Waals surface area contributed by atoms with Crippen molar-refractivity contribution in [3.05, 3.63) is 124 Å². The van der Waals surface area contributed by atoms with Gasteiger partial charge in [-0.1, -0.05) is 64.9 Å². The van der Waals surface area contributed by atoms with Crippen LogP contribution in [-0.4, -0.2) is 31.2 Å². The number of anilines is 1. The normalized spacial score (nSPS) is 14.8. The first kappa shape index (κ1) is 29.6. The Hall–Kier alpha value is -3.85. The van der Waals surface area contributed by atoms with Gasteiger partial charge in [0.05, 0.1) is 28.5 Å². The largest absolute Gasteiger partial charge is 0.489 e. The van der Waals surface area contributed by atoms with E-state index in [1.54, 1.807) is 30.5 Å². The molecular weight excluding hydrogens is 593 g/mol. The molecule has 0 saturated carbocycles. The van der Waals surface area contributed by atoms with E-state index in [4.69, 9.17) is 32.7 Å². The molecule has 0 amide bonds. The van der Waals surface area contributed by atoms with E-state index in [1.807, 2.05) is 79.7 Å². The zero-order chi connectivity index (χ0) is 30.0. The smallest absolute Gasteiger partial charge is 0.338 e. The maximum Gasteiger partial charge on any atom is 0.338 e. The molecule has 2 heterocycles. The number of thiazole rings is 1. The van der Waals surface area contributed by atoms with Gasteiger partial charge in [0.1, 0.15) is 12.4 Å². The number of benzene rings is 3. The van der Waals surface area contributed by atoms with E-state index < -0.39 is 12.0 Å². The minimum absolute atomic E-state index is 0.221. The van der Waals surface area contributed by atoms with E-state index in [0.29, 0.717) is 43.0 Å². The topological polar surface area (TPSA) is 73.1 Å².